The van der Waals surface area contributed by atoms with Crippen molar-refractivity contribution in [1.82, 2.24) is 25.1 Å². The Morgan fingerprint density at radius 1 is 1.50 bits per heavy atom. The Morgan fingerprint density at radius 2 is 2.33 bits per heavy atom. The number of hydrogen-bond donors (Lipinski definition) is 2. The zero-order valence-electron chi connectivity index (χ0n) is 9.88. The van der Waals surface area contributed by atoms with E-state index in [1.807, 2.05) is 0 Å². The van der Waals surface area contributed by atoms with Crippen molar-refractivity contribution < 1.29 is 4.79 Å². The molecule has 2 aromatic heterocycles. The van der Waals surface area contributed by atoms with Gasteiger partial charge < -0.3 is 10.3 Å². The second-order valence-electron chi connectivity index (χ2n) is 3.78. The van der Waals surface area contributed by atoms with E-state index in [4.69, 9.17) is 0 Å². The van der Waals surface area contributed by atoms with Crippen molar-refractivity contribution in [1.29, 1.82) is 0 Å². The zero-order chi connectivity index (χ0) is 13.0. The van der Waals surface area contributed by atoms with Crippen LogP contribution in [-0.2, 0) is 13.5 Å². The van der Waals surface area contributed by atoms with Gasteiger partial charge in [-0.05, 0) is 6.07 Å². The third kappa shape index (κ3) is 3.03. The Labute approximate surface area is 103 Å². The first-order valence-corrected chi connectivity index (χ1v) is 5.46. The molecule has 94 valence electrons. The highest BCUT2D eigenvalue weighted by Crippen LogP contribution is 1.93. The molecule has 0 aliphatic carbocycles. The van der Waals surface area contributed by atoms with Gasteiger partial charge in [-0.25, -0.2) is 4.98 Å². The van der Waals surface area contributed by atoms with Gasteiger partial charge in [0.25, 0.3) is 5.91 Å². The zero-order valence-corrected chi connectivity index (χ0v) is 9.88. The number of H-pyrrole nitrogens is 1. The molecular formula is C11H13N5O2. The lowest BCUT2D eigenvalue weighted by Crippen LogP contribution is -2.26. The van der Waals surface area contributed by atoms with E-state index in [2.05, 4.69) is 20.4 Å². The van der Waals surface area contributed by atoms with E-state index in [-0.39, 0.29) is 11.5 Å². The van der Waals surface area contributed by atoms with Crippen molar-refractivity contribution in [3.63, 3.8) is 0 Å². The molecule has 0 saturated carbocycles. The van der Waals surface area contributed by atoms with Gasteiger partial charge in [0, 0.05) is 32.3 Å². The summed E-state index contributed by atoms with van der Waals surface area (Å²) in [5.74, 6) is 0.446. The molecule has 18 heavy (non-hydrogen) atoms. The first-order valence-electron chi connectivity index (χ1n) is 5.46. The van der Waals surface area contributed by atoms with Crippen LogP contribution in [0.15, 0.2) is 29.5 Å². The summed E-state index contributed by atoms with van der Waals surface area (Å²) in [7, 11) is 1.79. The van der Waals surface area contributed by atoms with E-state index in [1.54, 1.807) is 18.1 Å². The quantitative estimate of drug-likeness (QED) is 0.760. The number of aryl methyl sites for hydroxylation is 1. The Bertz CT molecular complexity index is 581. The number of nitrogens with zero attached hydrogens (tertiary/aromatic N) is 3. The third-order valence-corrected chi connectivity index (χ3v) is 2.33. The van der Waals surface area contributed by atoms with Crippen LogP contribution in [0.25, 0.3) is 0 Å². The van der Waals surface area contributed by atoms with Gasteiger partial charge in [-0.2, -0.15) is 5.10 Å². The van der Waals surface area contributed by atoms with Gasteiger partial charge in [0.1, 0.15) is 6.33 Å². The molecule has 2 N–H and O–H groups in total. The average molecular weight is 247 g/mol. The Morgan fingerprint density at radius 3 is 2.94 bits per heavy atom. The molecule has 0 bridgehead atoms. The topological polar surface area (TPSA) is 92.7 Å². The van der Waals surface area contributed by atoms with Crippen LogP contribution in [0.2, 0.25) is 0 Å². The van der Waals surface area contributed by atoms with Gasteiger partial charge in [0.15, 0.2) is 5.82 Å². The maximum Gasteiger partial charge on any atom is 0.252 e. The SMILES string of the molecule is Cn1cnc(CCNC(=O)c2ccc(=O)[nH]c2)n1. The summed E-state index contributed by atoms with van der Waals surface area (Å²) in [5, 5.41) is 6.82. The van der Waals surface area contributed by atoms with Crippen LogP contribution in [-0.4, -0.2) is 32.2 Å². The largest absolute Gasteiger partial charge is 0.352 e. The minimum atomic E-state index is -0.234. The average Bonchev–Trinajstić information content (AvgIpc) is 2.76. The van der Waals surface area contributed by atoms with Crippen LogP contribution in [0, 0.1) is 0 Å². The second-order valence-corrected chi connectivity index (χ2v) is 3.78. The van der Waals surface area contributed by atoms with Gasteiger partial charge in [-0.1, -0.05) is 0 Å². The molecule has 0 fully saturated rings. The van der Waals surface area contributed by atoms with E-state index in [0.717, 1.165) is 0 Å². The lowest BCUT2D eigenvalue weighted by atomic mass is 10.2. The number of aromatic amines is 1. The lowest BCUT2D eigenvalue weighted by molar-refractivity contribution is 0.0953. The number of aromatic nitrogens is 4. The highest BCUT2D eigenvalue weighted by molar-refractivity contribution is 5.93. The molecule has 1 amide bonds. The van der Waals surface area contributed by atoms with E-state index in [0.29, 0.717) is 24.4 Å². The molecule has 0 spiro atoms. The normalized spacial score (nSPS) is 10.3. The summed E-state index contributed by atoms with van der Waals surface area (Å²) in [4.78, 5) is 29.0. The van der Waals surface area contributed by atoms with E-state index in [9.17, 15) is 9.59 Å². The van der Waals surface area contributed by atoms with Crippen LogP contribution in [0.4, 0.5) is 0 Å². The summed E-state index contributed by atoms with van der Waals surface area (Å²) in [6, 6.07) is 2.79. The number of amides is 1. The molecule has 2 rings (SSSR count). The smallest absolute Gasteiger partial charge is 0.252 e. The van der Waals surface area contributed by atoms with Crippen LogP contribution >= 0.6 is 0 Å². The standard InChI is InChI=1S/C11H13N5O2/c1-16-7-14-9(15-16)4-5-12-11(18)8-2-3-10(17)13-6-8/h2-3,6-7H,4-5H2,1H3,(H,12,18)(H,13,17). The molecule has 0 unspecified atom stereocenters. The third-order valence-electron chi connectivity index (χ3n) is 2.33. The van der Waals surface area contributed by atoms with Gasteiger partial charge in [-0.3, -0.25) is 14.3 Å². The molecule has 7 nitrogen and oxygen atoms in total. The summed E-state index contributed by atoms with van der Waals surface area (Å²) >= 11 is 0. The highest BCUT2D eigenvalue weighted by Gasteiger charge is 2.05. The Balaban J connectivity index is 1.85. The van der Waals surface area contributed by atoms with Crippen LogP contribution in [0.1, 0.15) is 16.2 Å². The van der Waals surface area contributed by atoms with E-state index < -0.39 is 0 Å². The summed E-state index contributed by atoms with van der Waals surface area (Å²) in [6.45, 7) is 0.446. The fourth-order valence-corrected chi connectivity index (χ4v) is 1.44. The lowest BCUT2D eigenvalue weighted by Gasteiger charge is -2.02. The second kappa shape index (κ2) is 5.26. The maximum atomic E-state index is 11.7. The number of hydrogen-bond acceptors (Lipinski definition) is 4. The number of pyridine rings is 1. The van der Waals surface area contributed by atoms with Crippen LogP contribution in [0.3, 0.4) is 0 Å². The van der Waals surface area contributed by atoms with Crippen LogP contribution in [0.5, 0.6) is 0 Å². The molecule has 7 heteroatoms. The van der Waals surface area contributed by atoms with Gasteiger partial charge in [0.05, 0.1) is 5.56 Å². The Kier molecular flexibility index (Phi) is 3.52. The van der Waals surface area contributed by atoms with Crippen molar-refractivity contribution in [2.75, 3.05) is 6.54 Å². The van der Waals surface area contributed by atoms with Gasteiger partial charge in [0.2, 0.25) is 5.56 Å². The maximum absolute atomic E-state index is 11.7. The van der Waals surface area contributed by atoms with Crippen molar-refractivity contribution in [3.8, 4) is 0 Å². The highest BCUT2D eigenvalue weighted by atomic mass is 16.1. The van der Waals surface area contributed by atoms with E-state index >= 15 is 0 Å². The Hall–Kier alpha value is -2.44. The fourth-order valence-electron chi connectivity index (χ4n) is 1.44. The minimum Gasteiger partial charge on any atom is -0.352 e. The monoisotopic (exact) mass is 247 g/mol. The van der Waals surface area contributed by atoms with Crippen LogP contribution < -0.4 is 10.9 Å². The molecule has 0 radical (unpaired) electrons. The van der Waals surface area contributed by atoms with Gasteiger partial charge in [-0.15, -0.1) is 0 Å². The first-order chi connectivity index (χ1) is 8.65. The minimum absolute atomic E-state index is 0.232. The molecule has 0 atom stereocenters. The number of rotatable bonds is 4. The van der Waals surface area contributed by atoms with Crippen molar-refractivity contribution >= 4 is 5.91 Å². The molecule has 0 saturated heterocycles. The number of carbonyl (C=O) groups is 1. The molecule has 2 aromatic rings. The van der Waals surface area contributed by atoms with Crippen molar-refractivity contribution in [2.24, 2.45) is 7.05 Å². The number of carbonyl (C=O) groups excluding carboxylic acids is 1. The molecule has 0 aromatic carbocycles. The predicted molar refractivity (Wildman–Crippen MR) is 64.1 cm³/mol. The molecule has 0 aliphatic rings. The number of nitrogens with one attached hydrogen (secondary N) is 2. The molecular weight excluding hydrogens is 234 g/mol. The molecule has 0 aliphatic heterocycles. The van der Waals surface area contributed by atoms with Gasteiger partial charge >= 0.3 is 0 Å². The summed E-state index contributed by atoms with van der Waals surface area (Å²) < 4.78 is 1.61. The summed E-state index contributed by atoms with van der Waals surface area (Å²) in [5.41, 5.74) is 0.188. The predicted octanol–water partition coefficient (Wildman–Crippen LogP) is -0.524. The molecule has 2 heterocycles. The fraction of sp³-hybridized carbons (Fsp3) is 0.273. The van der Waals surface area contributed by atoms with Crippen molar-refractivity contribution in [3.05, 3.63) is 46.4 Å². The summed E-state index contributed by atoms with van der Waals surface area (Å²) in [6.07, 6.45) is 3.56. The van der Waals surface area contributed by atoms with E-state index in [1.165, 1.54) is 18.3 Å². The first kappa shape index (κ1) is 12.0. The van der Waals surface area contributed by atoms with Crippen molar-refractivity contribution in [2.45, 2.75) is 6.42 Å².